The SMILES string of the molecule is CCC(N)Cc1cc(Br)ccc1OCC(=O)OC(C)C. The number of rotatable bonds is 7. The Hall–Kier alpha value is -1.07. The van der Waals surface area contributed by atoms with Gasteiger partial charge in [0.2, 0.25) is 0 Å². The molecule has 0 saturated heterocycles. The zero-order valence-electron chi connectivity index (χ0n) is 12.2. The minimum absolute atomic E-state index is 0.0780. The zero-order valence-corrected chi connectivity index (χ0v) is 13.8. The van der Waals surface area contributed by atoms with Crippen molar-refractivity contribution < 1.29 is 14.3 Å². The van der Waals surface area contributed by atoms with Gasteiger partial charge in [-0.3, -0.25) is 0 Å². The third kappa shape index (κ3) is 5.92. The Bertz CT molecular complexity index is 449. The molecule has 0 aliphatic carbocycles. The van der Waals surface area contributed by atoms with Crippen molar-refractivity contribution in [2.24, 2.45) is 5.73 Å². The summed E-state index contributed by atoms with van der Waals surface area (Å²) >= 11 is 3.43. The summed E-state index contributed by atoms with van der Waals surface area (Å²) in [6.45, 7) is 5.57. The third-order valence-electron chi connectivity index (χ3n) is 2.74. The second-order valence-corrected chi connectivity index (χ2v) is 5.87. The summed E-state index contributed by atoms with van der Waals surface area (Å²) in [5.41, 5.74) is 6.98. The van der Waals surface area contributed by atoms with E-state index in [1.165, 1.54) is 0 Å². The Balaban J connectivity index is 2.71. The number of carbonyl (C=O) groups excluding carboxylic acids is 1. The molecule has 5 heteroatoms. The molecule has 0 spiro atoms. The molecule has 0 fully saturated rings. The lowest BCUT2D eigenvalue weighted by Gasteiger charge is -2.15. The van der Waals surface area contributed by atoms with Crippen LogP contribution in [0.5, 0.6) is 5.75 Å². The van der Waals surface area contributed by atoms with E-state index in [-0.39, 0.29) is 24.7 Å². The van der Waals surface area contributed by atoms with Gasteiger partial charge in [-0.2, -0.15) is 0 Å². The van der Waals surface area contributed by atoms with Crippen LogP contribution in [0.1, 0.15) is 32.8 Å². The van der Waals surface area contributed by atoms with Gasteiger partial charge in [-0.1, -0.05) is 22.9 Å². The molecule has 1 aromatic carbocycles. The van der Waals surface area contributed by atoms with Crippen molar-refractivity contribution in [3.63, 3.8) is 0 Å². The first-order valence-electron chi connectivity index (χ1n) is 6.78. The van der Waals surface area contributed by atoms with E-state index < -0.39 is 0 Å². The second kappa shape index (κ2) is 8.27. The van der Waals surface area contributed by atoms with E-state index in [4.69, 9.17) is 15.2 Å². The fourth-order valence-electron chi connectivity index (χ4n) is 1.71. The van der Waals surface area contributed by atoms with Crippen molar-refractivity contribution in [3.05, 3.63) is 28.2 Å². The highest BCUT2D eigenvalue weighted by molar-refractivity contribution is 9.10. The summed E-state index contributed by atoms with van der Waals surface area (Å²) in [5.74, 6) is 0.312. The number of ether oxygens (including phenoxy) is 2. The molecule has 0 aliphatic rings. The van der Waals surface area contributed by atoms with E-state index in [2.05, 4.69) is 15.9 Å². The zero-order chi connectivity index (χ0) is 15.1. The lowest BCUT2D eigenvalue weighted by Crippen LogP contribution is -2.23. The monoisotopic (exact) mass is 343 g/mol. The molecule has 1 unspecified atom stereocenters. The number of esters is 1. The molecule has 0 amide bonds. The van der Waals surface area contributed by atoms with Crippen LogP contribution in [-0.4, -0.2) is 24.7 Å². The van der Waals surface area contributed by atoms with E-state index in [1.54, 1.807) is 0 Å². The van der Waals surface area contributed by atoms with Gasteiger partial charge in [0.1, 0.15) is 5.75 Å². The predicted octanol–water partition coefficient (Wildman–Crippen LogP) is 3.06. The summed E-state index contributed by atoms with van der Waals surface area (Å²) in [5, 5.41) is 0. The minimum Gasteiger partial charge on any atom is -0.482 e. The Morgan fingerprint density at radius 1 is 1.40 bits per heavy atom. The maximum Gasteiger partial charge on any atom is 0.344 e. The standard InChI is InChI=1S/C15H22BrNO3/c1-4-13(17)8-11-7-12(16)5-6-14(11)19-9-15(18)20-10(2)3/h5-7,10,13H,4,8-9,17H2,1-3H3. The largest absolute Gasteiger partial charge is 0.482 e. The van der Waals surface area contributed by atoms with Crippen LogP contribution < -0.4 is 10.5 Å². The normalized spacial score (nSPS) is 12.3. The van der Waals surface area contributed by atoms with Crippen LogP contribution in [-0.2, 0) is 16.0 Å². The van der Waals surface area contributed by atoms with Crippen molar-refractivity contribution in [2.45, 2.75) is 45.8 Å². The molecule has 0 aliphatic heterocycles. The van der Waals surface area contributed by atoms with Crippen LogP contribution in [0.2, 0.25) is 0 Å². The molecule has 0 bridgehead atoms. The van der Waals surface area contributed by atoms with Gasteiger partial charge in [-0.05, 0) is 50.5 Å². The molecule has 1 atom stereocenters. The highest BCUT2D eigenvalue weighted by atomic mass is 79.9. The van der Waals surface area contributed by atoms with Crippen molar-refractivity contribution in [2.75, 3.05) is 6.61 Å². The first kappa shape index (κ1) is 17.0. The van der Waals surface area contributed by atoms with Gasteiger partial charge in [0.25, 0.3) is 0 Å². The van der Waals surface area contributed by atoms with Crippen molar-refractivity contribution >= 4 is 21.9 Å². The van der Waals surface area contributed by atoms with Gasteiger partial charge < -0.3 is 15.2 Å². The molecular weight excluding hydrogens is 322 g/mol. The van der Waals surface area contributed by atoms with Crippen LogP contribution in [0.3, 0.4) is 0 Å². The van der Waals surface area contributed by atoms with Crippen molar-refractivity contribution in [3.8, 4) is 5.75 Å². The Morgan fingerprint density at radius 3 is 2.70 bits per heavy atom. The summed E-state index contributed by atoms with van der Waals surface area (Å²) in [6, 6.07) is 5.77. The lowest BCUT2D eigenvalue weighted by molar-refractivity contribution is -0.149. The first-order valence-corrected chi connectivity index (χ1v) is 7.58. The quantitative estimate of drug-likeness (QED) is 0.773. The maximum absolute atomic E-state index is 11.5. The van der Waals surface area contributed by atoms with Gasteiger partial charge in [-0.25, -0.2) is 4.79 Å². The Kier molecular flexibility index (Phi) is 7.02. The number of halogens is 1. The molecule has 112 valence electrons. The fraction of sp³-hybridized carbons (Fsp3) is 0.533. The molecule has 0 aromatic heterocycles. The van der Waals surface area contributed by atoms with Crippen LogP contribution in [0, 0.1) is 0 Å². The molecule has 0 saturated carbocycles. The summed E-state index contributed by atoms with van der Waals surface area (Å²) in [6.07, 6.45) is 1.47. The van der Waals surface area contributed by atoms with E-state index in [0.29, 0.717) is 12.2 Å². The van der Waals surface area contributed by atoms with E-state index in [1.807, 2.05) is 39.0 Å². The predicted molar refractivity (Wildman–Crippen MR) is 82.8 cm³/mol. The highest BCUT2D eigenvalue weighted by Crippen LogP contribution is 2.24. The molecule has 4 nitrogen and oxygen atoms in total. The average molecular weight is 344 g/mol. The molecular formula is C15H22BrNO3. The smallest absolute Gasteiger partial charge is 0.344 e. The van der Waals surface area contributed by atoms with E-state index >= 15 is 0 Å². The molecule has 1 aromatic rings. The van der Waals surface area contributed by atoms with Crippen molar-refractivity contribution in [1.29, 1.82) is 0 Å². The minimum atomic E-state index is -0.367. The van der Waals surface area contributed by atoms with Gasteiger partial charge >= 0.3 is 5.97 Å². The number of hydrogen-bond donors (Lipinski definition) is 1. The summed E-state index contributed by atoms with van der Waals surface area (Å²) in [4.78, 5) is 11.5. The topological polar surface area (TPSA) is 61.5 Å². The highest BCUT2D eigenvalue weighted by Gasteiger charge is 2.12. The second-order valence-electron chi connectivity index (χ2n) is 4.95. The summed E-state index contributed by atoms with van der Waals surface area (Å²) < 4.78 is 11.6. The maximum atomic E-state index is 11.5. The van der Waals surface area contributed by atoms with Crippen LogP contribution >= 0.6 is 15.9 Å². The van der Waals surface area contributed by atoms with Crippen LogP contribution in [0.25, 0.3) is 0 Å². The summed E-state index contributed by atoms with van der Waals surface area (Å²) in [7, 11) is 0. The lowest BCUT2D eigenvalue weighted by atomic mass is 10.0. The molecule has 20 heavy (non-hydrogen) atoms. The third-order valence-corrected chi connectivity index (χ3v) is 3.23. The molecule has 1 rings (SSSR count). The number of carbonyl (C=O) groups is 1. The molecule has 0 radical (unpaired) electrons. The van der Waals surface area contributed by atoms with Gasteiger partial charge in [-0.15, -0.1) is 0 Å². The van der Waals surface area contributed by atoms with Gasteiger partial charge in [0, 0.05) is 10.5 Å². The number of hydrogen-bond acceptors (Lipinski definition) is 4. The molecule has 0 heterocycles. The van der Waals surface area contributed by atoms with Gasteiger partial charge in [0.15, 0.2) is 6.61 Å². The Labute approximate surface area is 128 Å². The molecule has 2 N–H and O–H groups in total. The van der Waals surface area contributed by atoms with Crippen LogP contribution in [0.4, 0.5) is 0 Å². The van der Waals surface area contributed by atoms with E-state index in [9.17, 15) is 4.79 Å². The van der Waals surface area contributed by atoms with Crippen LogP contribution in [0.15, 0.2) is 22.7 Å². The average Bonchev–Trinajstić information content (AvgIpc) is 2.36. The van der Waals surface area contributed by atoms with E-state index in [0.717, 1.165) is 16.5 Å². The van der Waals surface area contributed by atoms with Gasteiger partial charge in [0.05, 0.1) is 6.10 Å². The Morgan fingerprint density at radius 2 is 2.10 bits per heavy atom. The fourth-order valence-corrected chi connectivity index (χ4v) is 2.12. The first-order chi connectivity index (χ1) is 9.42. The number of nitrogens with two attached hydrogens (primary N) is 1. The number of benzene rings is 1. The van der Waals surface area contributed by atoms with Crippen molar-refractivity contribution in [1.82, 2.24) is 0 Å².